The lowest BCUT2D eigenvalue weighted by Gasteiger charge is -2.26. The summed E-state index contributed by atoms with van der Waals surface area (Å²) in [7, 11) is 0. The zero-order chi connectivity index (χ0) is 26.0. The van der Waals surface area contributed by atoms with Crippen molar-refractivity contribution < 1.29 is 0 Å². The van der Waals surface area contributed by atoms with Gasteiger partial charge in [-0.3, -0.25) is 0 Å². The average molecular weight is 498 g/mol. The van der Waals surface area contributed by atoms with Crippen molar-refractivity contribution in [2.75, 3.05) is 4.90 Å². The number of para-hydroxylation sites is 2. The highest BCUT2D eigenvalue weighted by molar-refractivity contribution is 6.22. The summed E-state index contributed by atoms with van der Waals surface area (Å²) in [5.41, 5.74) is 8.41. The first-order valence-electron chi connectivity index (χ1n) is 13.4. The van der Waals surface area contributed by atoms with Crippen molar-refractivity contribution in [1.82, 2.24) is 0 Å². The van der Waals surface area contributed by atoms with Crippen molar-refractivity contribution in [3.63, 3.8) is 0 Å². The van der Waals surface area contributed by atoms with Gasteiger partial charge in [0.2, 0.25) is 0 Å². The summed E-state index contributed by atoms with van der Waals surface area (Å²) in [6, 6.07) is 58.6. The van der Waals surface area contributed by atoms with Crippen molar-refractivity contribution in [3.8, 4) is 22.3 Å². The molecule has 0 aliphatic rings. The van der Waals surface area contributed by atoms with Gasteiger partial charge in [0, 0.05) is 17.1 Å². The van der Waals surface area contributed by atoms with Crippen LogP contribution in [0.2, 0.25) is 0 Å². The van der Waals surface area contributed by atoms with Gasteiger partial charge in [0.1, 0.15) is 0 Å². The Morgan fingerprint density at radius 1 is 0.282 bits per heavy atom. The predicted octanol–water partition coefficient (Wildman–Crippen LogP) is 10.8. The third-order valence-corrected chi connectivity index (χ3v) is 7.42. The number of benzene rings is 7. The Labute approximate surface area is 229 Å². The van der Waals surface area contributed by atoms with Gasteiger partial charge < -0.3 is 4.90 Å². The normalized spacial score (nSPS) is 11.1. The van der Waals surface area contributed by atoms with Crippen LogP contribution in [-0.4, -0.2) is 0 Å². The van der Waals surface area contributed by atoms with Crippen LogP contribution < -0.4 is 4.90 Å². The molecule has 0 aliphatic heterocycles. The Kier molecular flexibility index (Phi) is 5.88. The summed E-state index contributed by atoms with van der Waals surface area (Å²) >= 11 is 0. The topological polar surface area (TPSA) is 3.24 Å². The van der Waals surface area contributed by atoms with Gasteiger partial charge in [0.25, 0.3) is 0 Å². The number of hydrogen-bond acceptors (Lipinski definition) is 1. The van der Waals surface area contributed by atoms with Crippen LogP contribution in [0.4, 0.5) is 17.1 Å². The van der Waals surface area contributed by atoms with Gasteiger partial charge in [-0.05, 0) is 80.2 Å². The molecular weight excluding hydrogens is 470 g/mol. The second-order valence-electron chi connectivity index (χ2n) is 9.76. The van der Waals surface area contributed by atoms with Crippen LogP contribution in [-0.2, 0) is 0 Å². The summed E-state index contributed by atoms with van der Waals surface area (Å²) in [5, 5.41) is 5.02. The Balaban J connectivity index is 1.58. The van der Waals surface area contributed by atoms with E-state index in [1.807, 2.05) is 0 Å². The number of hydrogen-bond donors (Lipinski definition) is 0. The highest BCUT2D eigenvalue weighted by Crippen LogP contribution is 2.46. The van der Waals surface area contributed by atoms with Crippen molar-refractivity contribution in [2.45, 2.75) is 0 Å². The number of nitrogens with zero attached hydrogens (tertiary/aromatic N) is 1. The van der Waals surface area contributed by atoms with E-state index < -0.39 is 0 Å². The molecule has 0 aliphatic carbocycles. The van der Waals surface area contributed by atoms with Crippen LogP contribution >= 0.6 is 0 Å². The molecule has 0 fully saturated rings. The Bertz CT molecular complexity index is 1840. The fourth-order valence-corrected chi connectivity index (χ4v) is 5.73. The third-order valence-electron chi connectivity index (χ3n) is 7.42. The zero-order valence-corrected chi connectivity index (χ0v) is 21.5. The summed E-state index contributed by atoms with van der Waals surface area (Å²) in [6.45, 7) is 0. The van der Waals surface area contributed by atoms with Gasteiger partial charge in [0.15, 0.2) is 0 Å². The molecule has 0 amide bonds. The van der Waals surface area contributed by atoms with Crippen LogP contribution in [0.5, 0.6) is 0 Å². The fourth-order valence-electron chi connectivity index (χ4n) is 5.73. The van der Waals surface area contributed by atoms with Crippen LogP contribution in [0, 0.1) is 0 Å². The van der Waals surface area contributed by atoms with Gasteiger partial charge in [-0.15, -0.1) is 0 Å². The molecule has 0 atom stereocenters. The minimum Gasteiger partial charge on any atom is -0.310 e. The fraction of sp³-hybridized carbons (Fsp3) is 0. The van der Waals surface area contributed by atoms with Crippen molar-refractivity contribution >= 4 is 38.6 Å². The number of anilines is 3. The van der Waals surface area contributed by atoms with E-state index in [1.54, 1.807) is 0 Å². The third kappa shape index (κ3) is 4.15. The molecule has 0 bridgehead atoms. The lowest BCUT2D eigenvalue weighted by atomic mass is 9.85. The zero-order valence-electron chi connectivity index (χ0n) is 21.5. The van der Waals surface area contributed by atoms with E-state index in [0.717, 1.165) is 17.1 Å². The molecular formula is C38H27N. The molecule has 7 rings (SSSR count). The molecule has 7 aromatic carbocycles. The minimum absolute atomic E-state index is 1.14. The monoisotopic (exact) mass is 497 g/mol. The van der Waals surface area contributed by atoms with Gasteiger partial charge >= 0.3 is 0 Å². The predicted molar refractivity (Wildman–Crippen MR) is 167 cm³/mol. The molecule has 184 valence electrons. The lowest BCUT2D eigenvalue weighted by Crippen LogP contribution is -2.09. The summed E-state index contributed by atoms with van der Waals surface area (Å²) in [4.78, 5) is 2.33. The van der Waals surface area contributed by atoms with Crippen molar-refractivity contribution in [2.24, 2.45) is 0 Å². The molecule has 0 radical (unpaired) electrons. The maximum atomic E-state index is 2.36. The first kappa shape index (κ1) is 23.0. The molecule has 0 unspecified atom stereocenters. The first-order chi connectivity index (χ1) is 19.4. The van der Waals surface area contributed by atoms with Crippen LogP contribution in [0.3, 0.4) is 0 Å². The van der Waals surface area contributed by atoms with Crippen LogP contribution in [0.25, 0.3) is 43.8 Å². The van der Waals surface area contributed by atoms with Gasteiger partial charge in [-0.2, -0.15) is 0 Å². The van der Waals surface area contributed by atoms with Crippen LogP contribution in [0.1, 0.15) is 0 Å². The van der Waals surface area contributed by atoms with Crippen molar-refractivity contribution in [1.29, 1.82) is 0 Å². The molecule has 1 nitrogen and oxygen atoms in total. The highest BCUT2D eigenvalue weighted by Gasteiger charge is 2.19. The highest BCUT2D eigenvalue weighted by atomic mass is 15.1. The van der Waals surface area contributed by atoms with E-state index in [4.69, 9.17) is 0 Å². The number of fused-ring (bicyclic) bond motifs is 3. The summed E-state index contributed by atoms with van der Waals surface area (Å²) < 4.78 is 0. The Morgan fingerprint density at radius 2 is 0.692 bits per heavy atom. The second kappa shape index (κ2) is 9.96. The molecule has 0 spiro atoms. The maximum Gasteiger partial charge on any atom is 0.0468 e. The van der Waals surface area contributed by atoms with E-state index in [1.165, 1.54) is 43.8 Å². The van der Waals surface area contributed by atoms with E-state index in [9.17, 15) is 0 Å². The second-order valence-corrected chi connectivity index (χ2v) is 9.76. The summed E-state index contributed by atoms with van der Waals surface area (Å²) in [6.07, 6.45) is 0. The molecule has 39 heavy (non-hydrogen) atoms. The molecule has 7 aromatic rings. The average Bonchev–Trinajstić information content (AvgIpc) is 3.02. The Morgan fingerprint density at radius 3 is 1.21 bits per heavy atom. The smallest absolute Gasteiger partial charge is 0.0468 e. The van der Waals surface area contributed by atoms with E-state index in [2.05, 4.69) is 169 Å². The molecule has 1 heteroatoms. The largest absolute Gasteiger partial charge is 0.310 e. The molecule has 0 N–H and O–H groups in total. The SMILES string of the molecule is c1ccc(-c2c(-c3ccccc3)c3ccc(N(c4ccccc4)c4ccccc4)cc3c3ccccc23)cc1. The first-order valence-corrected chi connectivity index (χ1v) is 13.4. The molecule has 0 aromatic heterocycles. The molecule has 0 heterocycles. The Hall–Kier alpha value is -5.14. The van der Waals surface area contributed by atoms with Crippen LogP contribution in [0.15, 0.2) is 164 Å². The molecule has 0 saturated carbocycles. The van der Waals surface area contributed by atoms with Gasteiger partial charge in [-0.25, -0.2) is 0 Å². The van der Waals surface area contributed by atoms with E-state index >= 15 is 0 Å². The summed E-state index contributed by atoms with van der Waals surface area (Å²) in [5.74, 6) is 0. The minimum atomic E-state index is 1.14. The van der Waals surface area contributed by atoms with Crippen molar-refractivity contribution in [3.05, 3.63) is 164 Å². The van der Waals surface area contributed by atoms with Gasteiger partial charge in [-0.1, -0.05) is 127 Å². The number of rotatable bonds is 5. The standard InChI is InChI=1S/C38H27N/c1-5-15-28(16-6-1)37-34-24-14-13-23-33(34)36-27-32(25-26-35(36)38(37)29-17-7-2-8-18-29)39(30-19-9-3-10-20-30)31-21-11-4-12-22-31/h1-27H. The van der Waals surface area contributed by atoms with Gasteiger partial charge in [0.05, 0.1) is 0 Å². The lowest BCUT2D eigenvalue weighted by molar-refractivity contribution is 1.29. The molecule has 0 saturated heterocycles. The maximum absolute atomic E-state index is 2.36. The van der Waals surface area contributed by atoms with E-state index in [-0.39, 0.29) is 0 Å². The van der Waals surface area contributed by atoms with E-state index in [0.29, 0.717) is 0 Å². The quantitative estimate of drug-likeness (QED) is 0.214.